The number of halogens is 2. The quantitative estimate of drug-likeness (QED) is 0.826. The second kappa shape index (κ2) is 5.54. The first kappa shape index (κ1) is 14.4. The normalized spacial score (nSPS) is 12.5. The van der Waals surface area contributed by atoms with E-state index in [0.29, 0.717) is 15.6 Å². The van der Waals surface area contributed by atoms with Gasteiger partial charge in [-0.25, -0.2) is 0 Å². The van der Waals surface area contributed by atoms with Gasteiger partial charge in [-0.1, -0.05) is 41.4 Å². The molecule has 2 aromatic rings. The highest BCUT2D eigenvalue weighted by atomic mass is 35.5. The molecule has 0 aromatic heterocycles. The van der Waals surface area contributed by atoms with Gasteiger partial charge in [-0.2, -0.15) is 0 Å². The minimum atomic E-state index is -0.732. The Balaban J connectivity index is 2.49. The number of hydrogen-bond donors (Lipinski definition) is 1. The lowest BCUT2D eigenvalue weighted by molar-refractivity contribution is 0.219. The van der Waals surface area contributed by atoms with Crippen molar-refractivity contribution in [2.24, 2.45) is 0 Å². The Morgan fingerprint density at radius 1 is 0.842 bits per heavy atom. The van der Waals surface area contributed by atoms with Crippen molar-refractivity contribution in [1.29, 1.82) is 0 Å². The van der Waals surface area contributed by atoms with Crippen molar-refractivity contribution in [2.75, 3.05) is 0 Å². The van der Waals surface area contributed by atoms with Gasteiger partial charge in [0, 0.05) is 15.6 Å². The maximum Gasteiger partial charge on any atom is 0.106 e. The van der Waals surface area contributed by atoms with Crippen molar-refractivity contribution in [2.45, 2.75) is 26.9 Å². The third kappa shape index (κ3) is 2.94. The highest BCUT2D eigenvalue weighted by molar-refractivity contribution is 6.35. The summed E-state index contributed by atoms with van der Waals surface area (Å²) in [6.45, 7) is 6.09. The number of aliphatic hydroxyl groups excluding tert-OH is 1. The zero-order valence-corrected chi connectivity index (χ0v) is 12.7. The number of hydrogen-bond acceptors (Lipinski definition) is 1. The predicted octanol–water partition coefficient (Wildman–Crippen LogP) is 5.00. The lowest BCUT2D eigenvalue weighted by Gasteiger charge is -2.17. The monoisotopic (exact) mass is 294 g/mol. The summed E-state index contributed by atoms with van der Waals surface area (Å²) in [5.41, 5.74) is 4.99. The molecule has 2 aromatic carbocycles. The van der Waals surface area contributed by atoms with E-state index in [1.54, 1.807) is 18.2 Å². The van der Waals surface area contributed by atoms with Crippen LogP contribution in [0.2, 0.25) is 10.0 Å². The molecule has 19 heavy (non-hydrogen) atoms. The van der Waals surface area contributed by atoms with Gasteiger partial charge in [0.25, 0.3) is 0 Å². The molecule has 100 valence electrons. The van der Waals surface area contributed by atoms with Crippen molar-refractivity contribution >= 4 is 23.2 Å². The van der Waals surface area contributed by atoms with Crippen LogP contribution in [0.1, 0.15) is 33.9 Å². The Kier molecular flexibility index (Phi) is 4.19. The van der Waals surface area contributed by atoms with Crippen LogP contribution in [0.5, 0.6) is 0 Å². The smallest absolute Gasteiger partial charge is 0.106 e. The van der Waals surface area contributed by atoms with E-state index in [-0.39, 0.29) is 0 Å². The molecule has 1 N–H and O–H groups in total. The molecule has 1 nitrogen and oxygen atoms in total. The summed E-state index contributed by atoms with van der Waals surface area (Å²) in [6, 6.07) is 9.25. The Bertz CT molecular complexity index is 620. The molecule has 1 atom stereocenters. The van der Waals surface area contributed by atoms with Crippen LogP contribution in [0.25, 0.3) is 0 Å². The first-order valence-corrected chi connectivity index (χ1v) is 6.86. The fourth-order valence-electron chi connectivity index (χ4n) is 2.17. The molecule has 0 spiro atoms. The van der Waals surface area contributed by atoms with Gasteiger partial charge in [-0.3, -0.25) is 0 Å². The van der Waals surface area contributed by atoms with E-state index in [9.17, 15) is 5.11 Å². The molecular weight excluding hydrogens is 279 g/mol. The Labute approximate surface area is 123 Å². The molecule has 0 aliphatic carbocycles. The van der Waals surface area contributed by atoms with Gasteiger partial charge < -0.3 is 5.11 Å². The van der Waals surface area contributed by atoms with Gasteiger partial charge in [0.2, 0.25) is 0 Å². The van der Waals surface area contributed by atoms with Crippen molar-refractivity contribution in [3.05, 3.63) is 68.2 Å². The molecule has 0 heterocycles. The Morgan fingerprint density at radius 3 is 2.11 bits per heavy atom. The minimum absolute atomic E-state index is 0.484. The summed E-state index contributed by atoms with van der Waals surface area (Å²) in [5, 5.41) is 11.6. The number of aryl methyl sites for hydroxylation is 3. The van der Waals surface area contributed by atoms with Crippen molar-refractivity contribution in [3.63, 3.8) is 0 Å². The zero-order chi connectivity index (χ0) is 14.2. The first-order valence-electron chi connectivity index (χ1n) is 6.11. The SMILES string of the molecule is Cc1cc(C)c(C(O)c2ccc(Cl)cc2Cl)cc1C. The number of aliphatic hydroxyl groups is 1. The van der Waals surface area contributed by atoms with Crippen molar-refractivity contribution in [1.82, 2.24) is 0 Å². The molecule has 0 aliphatic heterocycles. The molecule has 0 fully saturated rings. The average Bonchev–Trinajstić information content (AvgIpc) is 2.33. The summed E-state index contributed by atoms with van der Waals surface area (Å²) < 4.78 is 0. The molecule has 0 aliphatic rings. The van der Waals surface area contributed by atoms with E-state index < -0.39 is 6.10 Å². The number of benzene rings is 2. The molecular formula is C16H16Cl2O. The van der Waals surface area contributed by atoms with Crippen molar-refractivity contribution in [3.8, 4) is 0 Å². The van der Waals surface area contributed by atoms with Gasteiger partial charge in [0.15, 0.2) is 0 Å². The molecule has 2 rings (SSSR count). The third-order valence-corrected chi connectivity index (χ3v) is 4.00. The van der Waals surface area contributed by atoms with Crippen LogP contribution in [-0.4, -0.2) is 5.11 Å². The van der Waals surface area contributed by atoms with Crippen LogP contribution in [0.3, 0.4) is 0 Å². The summed E-state index contributed by atoms with van der Waals surface area (Å²) >= 11 is 12.0. The highest BCUT2D eigenvalue weighted by Gasteiger charge is 2.17. The van der Waals surface area contributed by atoms with E-state index >= 15 is 0 Å². The van der Waals surface area contributed by atoms with E-state index in [1.807, 2.05) is 19.9 Å². The summed E-state index contributed by atoms with van der Waals surface area (Å²) in [4.78, 5) is 0. The third-order valence-electron chi connectivity index (χ3n) is 3.43. The second-order valence-electron chi connectivity index (χ2n) is 4.86. The van der Waals surface area contributed by atoms with Gasteiger partial charge in [-0.15, -0.1) is 0 Å². The standard InChI is InChI=1S/C16H16Cl2O/c1-9-6-11(3)14(7-10(9)2)16(19)13-5-4-12(17)8-15(13)18/h4-8,16,19H,1-3H3. The average molecular weight is 295 g/mol. The molecule has 1 unspecified atom stereocenters. The van der Waals surface area contributed by atoms with Crippen LogP contribution >= 0.6 is 23.2 Å². The highest BCUT2D eigenvalue weighted by Crippen LogP contribution is 2.32. The Hall–Kier alpha value is -1.02. The van der Waals surface area contributed by atoms with Crippen molar-refractivity contribution < 1.29 is 5.11 Å². The van der Waals surface area contributed by atoms with E-state index in [4.69, 9.17) is 23.2 Å². The van der Waals surface area contributed by atoms with Gasteiger partial charge in [0.1, 0.15) is 6.10 Å². The summed E-state index contributed by atoms with van der Waals surface area (Å²) in [6.07, 6.45) is -0.732. The van der Waals surface area contributed by atoms with E-state index in [2.05, 4.69) is 13.0 Å². The van der Waals surface area contributed by atoms with Gasteiger partial charge in [-0.05, 0) is 55.2 Å². The maximum atomic E-state index is 10.5. The van der Waals surface area contributed by atoms with Crippen LogP contribution in [0, 0.1) is 20.8 Å². The van der Waals surface area contributed by atoms with Crippen LogP contribution in [-0.2, 0) is 0 Å². The van der Waals surface area contributed by atoms with Gasteiger partial charge in [0.05, 0.1) is 0 Å². The first-order chi connectivity index (χ1) is 8.90. The number of rotatable bonds is 2. The fourth-order valence-corrected chi connectivity index (χ4v) is 2.68. The van der Waals surface area contributed by atoms with E-state index in [1.165, 1.54) is 5.56 Å². The summed E-state index contributed by atoms with van der Waals surface area (Å²) in [7, 11) is 0. The fraction of sp³-hybridized carbons (Fsp3) is 0.250. The van der Waals surface area contributed by atoms with Crippen LogP contribution in [0.15, 0.2) is 30.3 Å². The molecule has 0 amide bonds. The van der Waals surface area contributed by atoms with E-state index in [0.717, 1.165) is 16.7 Å². The molecule has 3 heteroatoms. The second-order valence-corrected chi connectivity index (χ2v) is 5.71. The van der Waals surface area contributed by atoms with Crippen LogP contribution in [0.4, 0.5) is 0 Å². The zero-order valence-electron chi connectivity index (χ0n) is 11.2. The molecule has 0 saturated carbocycles. The molecule has 0 radical (unpaired) electrons. The Morgan fingerprint density at radius 2 is 1.47 bits per heavy atom. The van der Waals surface area contributed by atoms with Gasteiger partial charge >= 0.3 is 0 Å². The predicted molar refractivity (Wildman–Crippen MR) is 81.2 cm³/mol. The maximum absolute atomic E-state index is 10.5. The lowest BCUT2D eigenvalue weighted by atomic mass is 9.93. The van der Waals surface area contributed by atoms with Crippen LogP contribution < -0.4 is 0 Å². The molecule has 0 saturated heterocycles. The summed E-state index contributed by atoms with van der Waals surface area (Å²) in [5.74, 6) is 0. The lowest BCUT2D eigenvalue weighted by Crippen LogP contribution is -2.04. The topological polar surface area (TPSA) is 20.2 Å². The largest absolute Gasteiger partial charge is 0.384 e. The molecule has 0 bridgehead atoms. The minimum Gasteiger partial charge on any atom is -0.384 e.